The number of esters is 1. The molecule has 1 atom stereocenters. The summed E-state index contributed by atoms with van der Waals surface area (Å²) >= 11 is 6.69. The number of hydrogen-bond donors (Lipinski definition) is 2. The molecule has 2 N–H and O–H groups in total. The van der Waals surface area contributed by atoms with Gasteiger partial charge in [0, 0.05) is 17.7 Å². The van der Waals surface area contributed by atoms with Crippen LogP contribution in [0.5, 0.6) is 0 Å². The predicted octanol–water partition coefficient (Wildman–Crippen LogP) is 4.35. The van der Waals surface area contributed by atoms with Crippen LogP contribution in [-0.2, 0) is 16.1 Å². The number of methoxy groups -OCH3 is 1. The Morgan fingerprint density at radius 1 is 1.00 bits per heavy atom. The topological polar surface area (TPSA) is 97.5 Å². The smallest absolute Gasteiger partial charge is 0.325 e. The quantitative estimate of drug-likeness (QED) is 0.375. The Kier molecular flexibility index (Phi) is 7.14. The maximum Gasteiger partial charge on any atom is 0.325 e. The second-order valence-corrected chi connectivity index (χ2v) is 7.66. The zero-order valence-electron chi connectivity index (χ0n) is 17.9. The number of carbonyl (C=O) groups excluding carboxylic acids is 1. The average molecular weight is 464 g/mol. The van der Waals surface area contributed by atoms with Crippen LogP contribution in [0.4, 0.5) is 0 Å². The monoisotopic (exact) mass is 463 g/mol. The lowest BCUT2D eigenvalue weighted by molar-refractivity contribution is -0.144. The standard InChI is InChI=1S/C25H22ClN3O4/c1-32-25(31)21(15-30)27-14-16-7-5-10-18(13-16)23-28-29-24(33-23)20-12-6-11-19(22(20)26)17-8-3-2-4-9-17/h2-13,21,27,30H,14-15H2,1H3/t21-/m0/s1. The van der Waals surface area contributed by atoms with Crippen molar-refractivity contribution in [1.29, 1.82) is 0 Å². The Morgan fingerprint density at radius 3 is 2.45 bits per heavy atom. The van der Waals surface area contributed by atoms with Crippen LogP contribution in [0.3, 0.4) is 0 Å². The molecule has 0 aliphatic heterocycles. The Labute approximate surface area is 196 Å². The largest absolute Gasteiger partial charge is 0.468 e. The maximum atomic E-state index is 11.6. The van der Waals surface area contributed by atoms with E-state index in [1.54, 1.807) is 0 Å². The number of nitrogens with one attached hydrogen (secondary N) is 1. The number of benzene rings is 3. The highest BCUT2D eigenvalue weighted by Crippen LogP contribution is 2.36. The van der Waals surface area contributed by atoms with Gasteiger partial charge in [0.1, 0.15) is 6.04 Å². The second kappa shape index (κ2) is 10.4. The lowest BCUT2D eigenvalue weighted by atomic mass is 10.0. The van der Waals surface area contributed by atoms with Crippen LogP contribution in [0.1, 0.15) is 5.56 Å². The summed E-state index contributed by atoms with van der Waals surface area (Å²) < 4.78 is 10.6. The van der Waals surface area contributed by atoms with Gasteiger partial charge in [-0.3, -0.25) is 10.1 Å². The molecule has 0 radical (unpaired) electrons. The average Bonchev–Trinajstić information content (AvgIpc) is 3.35. The summed E-state index contributed by atoms with van der Waals surface area (Å²) in [5.74, 6) is 0.145. The number of nitrogens with zero attached hydrogens (tertiary/aromatic N) is 2. The van der Waals surface area contributed by atoms with E-state index in [1.807, 2.05) is 72.8 Å². The third-order valence-electron chi connectivity index (χ3n) is 5.13. The van der Waals surface area contributed by atoms with Crippen LogP contribution in [0.2, 0.25) is 5.02 Å². The van der Waals surface area contributed by atoms with Gasteiger partial charge < -0.3 is 14.3 Å². The molecule has 7 nitrogen and oxygen atoms in total. The lowest BCUT2D eigenvalue weighted by Crippen LogP contribution is -2.40. The van der Waals surface area contributed by atoms with Gasteiger partial charge in [-0.1, -0.05) is 66.2 Å². The molecular weight excluding hydrogens is 442 g/mol. The molecule has 4 aromatic rings. The molecular formula is C25H22ClN3O4. The highest BCUT2D eigenvalue weighted by molar-refractivity contribution is 6.35. The van der Waals surface area contributed by atoms with Crippen molar-refractivity contribution in [2.45, 2.75) is 12.6 Å². The molecule has 0 saturated heterocycles. The first-order valence-corrected chi connectivity index (χ1v) is 10.7. The molecule has 0 fully saturated rings. The van der Waals surface area contributed by atoms with E-state index in [1.165, 1.54) is 7.11 Å². The van der Waals surface area contributed by atoms with Gasteiger partial charge in [-0.25, -0.2) is 0 Å². The number of halogens is 1. The van der Waals surface area contributed by atoms with E-state index >= 15 is 0 Å². The van der Waals surface area contributed by atoms with Crippen LogP contribution < -0.4 is 5.32 Å². The normalized spacial score (nSPS) is 11.8. The fourth-order valence-electron chi connectivity index (χ4n) is 3.41. The molecule has 33 heavy (non-hydrogen) atoms. The fraction of sp³-hybridized carbons (Fsp3) is 0.160. The van der Waals surface area contributed by atoms with E-state index in [0.29, 0.717) is 28.9 Å². The summed E-state index contributed by atoms with van der Waals surface area (Å²) in [6.07, 6.45) is 0. The molecule has 0 spiro atoms. The van der Waals surface area contributed by atoms with Gasteiger partial charge in [0.05, 0.1) is 24.3 Å². The van der Waals surface area contributed by atoms with Crippen molar-refractivity contribution in [1.82, 2.24) is 15.5 Å². The third-order valence-corrected chi connectivity index (χ3v) is 5.54. The number of rotatable bonds is 8. The highest BCUT2D eigenvalue weighted by Gasteiger charge is 2.18. The minimum atomic E-state index is -0.798. The molecule has 0 amide bonds. The van der Waals surface area contributed by atoms with E-state index in [-0.39, 0.29) is 6.61 Å². The zero-order valence-corrected chi connectivity index (χ0v) is 18.6. The lowest BCUT2D eigenvalue weighted by Gasteiger charge is -2.13. The van der Waals surface area contributed by atoms with Gasteiger partial charge in [0.25, 0.3) is 0 Å². The van der Waals surface area contributed by atoms with Crippen molar-refractivity contribution in [2.24, 2.45) is 0 Å². The summed E-state index contributed by atoms with van der Waals surface area (Å²) in [6.45, 7) is -0.0116. The SMILES string of the molecule is COC(=O)[C@H](CO)NCc1cccc(-c2nnc(-c3cccc(-c4ccccc4)c3Cl)o2)c1. The first-order chi connectivity index (χ1) is 16.1. The highest BCUT2D eigenvalue weighted by atomic mass is 35.5. The molecule has 1 heterocycles. The first-order valence-electron chi connectivity index (χ1n) is 10.3. The van der Waals surface area contributed by atoms with E-state index in [0.717, 1.165) is 22.3 Å². The maximum absolute atomic E-state index is 11.6. The van der Waals surface area contributed by atoms with Gasteiger partial charge in [-0.05, 0) is 29.3 Å². The van der Waals surface area contributed by atoms with Crippen molar-refractivity contribution in [3.63, 3.8) is 0 Å². The van der Waals surface area contributed by atoms with Crippen LogP contribution in [0.25, 0.3) is 34.0 Å². The van der Waals surface area contributed by atoms with Gasteiger partial charge in [0.2, 0.25) is 11.8 Å². The minimum absolute atomic E-state index is 0.322. The summed E-state index contributed by atoms with van der Waals surface area (Å²) in [6, 6.07) is 22.2. The van der Waals surface area contributed by atoms with Crippen molar-refractivity contribution < 1.29 is 19.1 Å². The van der Waals surface area contributed by atoms with Crippen molar-refractivity contribution in [3.8, 4) is 34.0 Å². The molecule has 0 saturated carbocycles. The van der Waals surface area contributed by atoms with Gasteiger partial charge in [-0.15, -0.1) is 10.2 Å². The molecule has 0 bridgehead atoms. The van der Waals surface area contributed by atoms with Crippen molar-refractivity contribution in [2.75, 3.05) is 13.7 Å². The number of ether oxygens (including phenoxy) is 1. The number of carbonyl (C=O) groups is 1. The van der Waals surface area contributed by atoms with Crippen molar-refractivity contribution in [3.05, 3.63) is 83.4 Å². The predicted molar refractivity (Wildman–Crippen MR) is 125 cm³/mol. The molecule has 1 aromatic heterocycles. The Hall–Kier alpha value is -3.52. The molecule has 168 valence electrons. The van der Waals surface area contributed by atoms with Crippen LogP contribution in [0.15, 0.2) is 77.2 Å². The molecule has 0 aliphatic carbocycles. The van der Waals surface area contributed by atoms with Crippen LogP contribution in [0, 0.1) is 0 Å². The van der Waals surface area contributed by atoms with Crippen LogP contribution in [-0.4, -0.2) is 41.0 Å². The summed E-state index contributed by atoms with van der Waals surface area (Å²) in [5.41, 5.74) is 4.13. The molecule has 4 rings (SSSR count). The van der Waals surface area contributed by atoms with E-state index in [4.69, 9.17) is 16.0 Å². The van der Waals surface area contributed by atoms with E-state index in [9.17, 15) is 9.90 Å². The van der Waals surface area contributed by atoms with Gasteiger partial charge in [-0.2, -0.15) is 0 Å². The molecule has 0 aliphatic rings. The number of aromatic nitrogens is 2. The fourth-order valence-corrected chi connectivity index (χ4v) is 3.72. The number of aliphatic hydroxyl groups is 1. The summed E-state index contributed by atoms with van der Waals surface area (Å²) in [4.78, 5) is 11.6. The van der Waals surface area contributed by atoms with Crippen LogP contribution >= 0.6 is 11.6 Å². The zero-order chi connectivity index (χ0) is 23.2. The number of hydrogen-bond acceptors (Lipinski definition) is 7. The second-order valence-electron chi connectivity index (χ2n) is 7.29. The molecule has 3 aromatic carbocycles. The molecule has 8 heteroatoms. The van der Waals surface area contributed by atoms with Crippen molar-refractivity contribution >= 4 is 17.6 Å². The first kappa shape index (κ1) is 22.7. The Bertz CT molecular complexity index is 1240. The third kappa shape index (κ3) is 5.12. The Balaban J connectivity index is 1.56. The summed E-state index contributed by atoms with van der Waals surface area (Å²) in [5, 5.41) is 21.2. The Morgan fingerprint density at radius 2 is 1.70 bits per heavy atom. The van der Waals surface area contributed by atoms with E-state index in [2.05, 4.69) is 20.3 Å². The summed E-state index contributed by atoms with van der Waals surface area (Å²) in [7, 11) is 1.28. The molecule has 0 unspecified atom stereocenters. The number of aliphatic hydroxyl groups excluding tert-OH is 1. The van der Waals surface area contributed by atoms with E-state index < -0.39 is 12.0 Å². The van der Waals surface area contributed by atoms with Gasteiger partial charge >= 0.3 is 5.97 Å². The van der Waals surface area contributed by atoms with Gasteiger partial charge in [0.15, 0.2) is 0 Å². The minimum Gasteiger partial charge on any atom is -0.468 e.